The van der Waals surface area contributed by atoms with Gasteiger partial charge in [-0.2, -0.15) is 0 Å². The average Bonchev–Trinajstić information content (AvgIpc) is 2.90. The van der Waals surface area contributed by atoms with Crippen LogP contribution in [0.5, 0.6) is 0 Å². The van der Waals surface area contributed by atoms with Crippen LogP contribution in [0.25, 0.3) is 0 Å². The van der Waals surface area contributed by atoms with E-state index in [1.165, 1.54) is 12.1 Å². The summed E-state index contributed by atoms with van der Waals surface area (Å²) in [5.74, 6) is 1.28. The number of hydrogen-bond acceptors (Lipinski definition) is 4. The molecule has 2 N–H and O–H groups in total. The molecule has 3 aromatic rings. The zero-order valence-corrected chi connectivity index (χ0v) is 13.1. The number of rotatable bonds is 4. The third-order valence-corrected chi connectivity index (χ3v) is 3.80. The Hall–Kier alpha value is -2.89. The molecule has 0 aliphatic rings. The third-order valence-electron chi connectivity index (χ3n) is 3.80. The van der Waals surface area contributed by atoms with Gasteiger partial charge in [-0.1, -0.05) is 12.1 Å². The fraction of sp³-hybridized carbons (Fsp3) is 0.176. The minimum atomic E-state index is -0.260. The molecule has 1 heterocycles. The van der Waals surface area contributed by atoms with E-state index in [0.29, 0.717) is 12.4 Å². The number of nitrogens with two attached hydrogens (primary N) is 1. The monoisotopic (exact) mass is 311 g/mol. The first-order chi connectivity index (χ1) is 11.0. The molecule has 0 bridgehead atoms. The summed E-state index contributed by atoms with van der Waals surface area (Å²) >= 11 is 0. The van der Waals surface area contributed by atoms with Crippen molar-refractivity contribution in [2.24, 2.45) is 7.05 Å². The van der Waals surface area contributed by atoms with Crippen molar-refractivity contribution in [3.8, 4) is 0 Å². The second-order valence-electron chi connectivity index (χ2n) is 5.43. The van der Waals surface area contributed by atoms with E-state index < -0.39 is 0 Å². The van der Waals surface area contributed by atoms with Gasteiger partial charge >= 0.3 is 0 Å². The van der Waals surface area contributed by atoms with Crippen LogP contribution in [0.2, 0.25) is 0 Å². The van der Waals surface area contributed by atoms with E-state index in [2.05, 4.69) is 10.2 Å². The molecular weight excluding hydrogens is 293 g/mol. The molecule has 2 aromatic carbocycles. The van der Waals surface area contributed by atoms with Crippen molar-refractivity contribution < 1.29 is 4.39 Å². The minimum absolute atomic E-state index is 0.260. The van der Waals surface area contributed by atoms with Crippen molar-refractivity contribution in [2.45, 2.75) is 6.42 Å². The average molecular weight is 311 g/mol. The highest BCUT2D eigenvalue weighted by atomic mass is 19.1. The molecule has 3 rings (SSSR count). The Morgan fingerprint density at radius 1 is 1.04 bits per heavy atom. The van der Waals surface area contributed by atoms with Crippen molar-refractivity contribution in [1.82, 2.24) is 14.8 Å². The maximum atomic E-state index is 13.0. The SMILES string of the molecule is CN(c1ccc(F)cc1)c1nnc(Cc2ccc(N)cc2)n1C. The van der Waals surface area contributed by atoms with Gasteiger partial charge in [-0.05, 0) is 42.0 Å². The van der Waals surface area contributed by atoms with E-state index in [1.807, 2.05) is 47.8 Å². The first-order valence-electron chi connectivity index (χ1n) is 7.26. The molecule has 6 heteroatoms. The van der Waals surface area contributed by atoms with Crippen molar-refractivity contribution in [1.29, 1.82) is 0 Å². The van der Waals surface area contributed by atoms with Gasteiger partial charge in [0.1, 0.15) is 11.6 Å². The molecule has 0 unspecified atom stereocenters. The number of hydrogen-bond donors (Lipinski definition) is 1. The summed E-state index contributed by atoms with van der Waals surface area (Å²) in [4.78, 5) is 1.87. The van der Waals surface area contributed by atoms with Gasteiger partial charge in [0.05, 0.1) is 0 Å². The highest BCUT2D eigenvalue weighted by Gasteiger charge is 2.14. The van der Waals surface area contributed by atoms with Crippen molar-refractivity contribution in [3.05, 3.63) is 65.7 Å². The fourth-order valence-electron chi connectivity index (χ4n) is 2.40. The van der Waals surface area contributed by atoms with Crippen molar-refractivity contribution in [3.63, 3.8) is 0 Å². The highest BCUT2D eigenvalue weighted by Crippen LogP contribution is 2.22. The van der Waals surface area contributed by atoms with Gasteiger partial charge in [0, 0.05) is 31.9 Å². The molecule has 1 aromatic heterocycles. The lowest BCUT2D eigenvalue weighted by atomic mass is 10.1. The standard InChI is InChI=1S/C17H18FN5/c1-22(15-9-5-13(18)6-10-15)17-21-20-16(23(17)2)11-12-3-7-14(19)8-4-12/h3-10H,11,19H2,1-2H3. The largest absolute Gasteiger partial charge is 0.399 e. The second-order valence-corrected chi connectivity index (χ2v) is 5.43. The maximum absolute atomic E-state index is 13.0. The Morgan fingerprint density at radius 3 is 2.35 bits per heavy atom. The van der Waals surface area contributed by atoms with Gasteiger partial charge < -0.3 is 10.6 Å². The molecule has 0 saturated carbocycles. The van der Waals surface area contributed by atoms with Gasteiger partial charge in [0.25, 0.3) is 0 Å². The predicted molar refractivity (Wildman–Crippen MR) is 89.1 cm³/mol. The summed E-state index contributed by atoms with van der Waals surface area (Å²) in [7, 11) is 3.80. The van der Waals surface area contributed by atoms with Gasteiger partial charge in [0.15, 0.2) is 0 Å². The predicted octanol–water partition coefficient (Wildman–Crippen LogP) is 2.90. The molecule has 0 amide bonds. The Balaban J connectivity index is 1.83. The summed E-state index contributed by atoms with van der Waals surface area (Å²) in [6.07, 6.45) is 0.668. The van der Waals surface area contributed by atoms with Crippen LogP contribution in [0.4, 0.5) is 21.7 Å². The molecule has 23 heavy (non-hydrogen) atoms. The van der Waals surface area contributed by atoms with Crippen LogP contribution in [0.15, 0.2) is 48.5 Å². The molecule has 0 atom stereocenters. The van der Waals surface area contributed by atoms with Gasteiger partial charge in [0.2, 0.25) is 5.95 Å². The lowest BCUT2D eigenvalue weighted by molar-refractivity contribution is 0.628. The van der Waals surface area contributed by atoms with E-state index >= 15 is 0 Å². The van der Waals surface area contributed by atoms with Crippen LogP contribution in [-0.2, 0) is 13.5 Å². The normalized spacial score (nSPS) is 10.7. The summed E-state index contributed by atoms with van der Waals surface area (Å²) in [5, 5.41) is 8.51. The summed E-state index contributed by atoms with van der Waals surface area (Å²) in [5.41, 5.74) is 8.41. The molecular formula is C17H18FN5. The molecule has 0 saturated heterocycles. The summed E-state index contributed by atoms with van der Waals surface area (Å²) in [6.45, 7) is 0. The Kier molecular flexibility index (Phi) is 3.97. The van der Waals surface area contributed by atoms with E-state index in [0.717, 1.165) is 22.8 Å². The summed E-state index contributed by atoms with van der Waals surface area (Å²) in [6, 6.07) is 14.0. The molecule has 0 fully saturated rings. The van der Waals surface area contributed by atoms with Gasteiger partial charge in [-0.3, -0.25) is 4.57 Å². The fourth-order valence-corrected chi connectivity index (χ4v) is 2.40. The number of benzene rings is 2. The van der Waals surface area contributed by atoms with Crippen molar-refractivity contribution >= 4 is 17.3 Å². The highest BCUT2D eigenvalue weighted by molar-refractivity contribution is 5.56. The molecule has 118 valence electrons. The van der Waals surface area contributed by atoms with E-state index in [1.54, 1.807) is 12.1 Å². The molecule has 5 nitrogen and oxygen atoms in total. The maximum Gasteiger partial charge on any atom is 0.231 e. The summed E-state index contributed by atoms with van der Waals surface area (Å²) < 4.78 is 15.0. The van der Waals surface area contributed by atoms with Crippen LogP contribution < -0.4 is 10.6 Å². The molecule has 0 aliphatic carbocycles. The Bertz CT molecular complexity index is 793. The first kappa shape index (κ1) is 15.0. The zero-order chi connectivity index (χ0) is 16.4. The molecule has 0 radical (unpaired) electrons. The molecule has 0 spiro atoms. The quantitative estimate of drug-likeness (QED) is 0.753. The smallest absolute Gasteiger partial charge is 0.231 e. The van der Waals surface area contributed by atoms with Crippen molar-refractivity contribution in [2.75, 3.05) is 17.7 Å². The van der Waals surface area contributed by atoms with Gasteiger partial charge in [-0.25, -0.2) is 4.39 Å². The zero-order valence-electron chi connectivity index (χ0n) is 13.1. The van der Waals surface area contributed by atoms with E-state index in [4.69, 9.17) is 5.73 Å². The van der Waals surface area contributed by atoms with Crippen LogP contribution in [0, 0.1) is 5.82 Å². The van der Waals surface area contributed by atoms with E-state index in [9.17, 15) is 4.39 Å². The van der Waals surface area contributed by atoms with E-state index in [-0.39, 0.29) is 5.82 Å². The molecule has 0 aliphatic heterocycles. The van der Waals surface area contributed by atoms with Gasteiger partial charge in [-0.15, -0.1) is 10.2 Å². The number of anilines is 3. The lowest BCUT2D eigenvalue weighted by Crippen LogP contribution is -2.15. The van der Waals surface area contributed by atoms with Crippen LogP contribution >= 0.6 is 0 Å². The number of aromatic nitrogens is 3. The van der Waals surface area contributed by atoms with Crippen LogP contribution in [0.1, 0.15) is 11.4 Å². The second kappa shape index (κ2) is 6.08. The first-order valence-corrected chi connectivity index (χ1v) is 7.26. The Labute approximate surface area is 134 Å². The van der Waals surface area contributed by atoms with Crippen LogP contribution in [-0.4, -0.2) is 21.8 Å². The number of halogens is 1. The number of nitrogen functional groups attached to an aromatic ring is 1. The third kappa shape index (κ3) is 3.15. The van der Waals surface area contributed by atoms with Crippen LogP contribution in [0.3, 0.4) is 0 Å². The number of nitrogens with zero attached hydrogens (tertiary/aromatic N) is 4. The minimum Gasteiger partial charge on any atom is -0.399 e. The Morgan fingerprint density at radius 2 is 1.70 bits per heavy atom. The lowest BCUT2D eigenvalue weighted by Gasteiger charge is -2.18. The topological polar surface area (TPSA) is 60.0 Å².